The molecule has 2 fully saturated rings. The summed E-state index contributed by atoms with van der Waals surface area (Å²) in [7, 11) is 2.07. The lowest BCUT2D eigenvalue weighted by atomic mass is 10.1. The first-order chi connectivity index (χ1) is 9.63. The second kappa shape index (κ2) is 5.80. The molecule has 0 spiro atoms. The Hall–Kier alpha value is -0.960. The molecule has 1 unspecified atom stereocenters. The van der Waals surface area contributed by atoms with Gasteiger partial charge in [-0.1, -0.05) is 0 Å². The highest BCUT2D eigenvalue weighted by Crippen LogP contribution is 2.35. The zero-order valence-electron chi connectivity index (χ0n) is 11.6. The van der Waals surface area contributed by atoms with Gasteiger partial charge in [0.25, 0.3) is 11.3 Å². The number of likely N-dealkylation sites (tertiary alicyclic amines) is 1. The van der Waals surface area contributed by atoms with Gasteiger partial charge in [-0.15, -0.1) is 0 Å². The van der Waals surface area contributed by atoms with Crippen molar-refractivity contribution in [3.05, 3.63) is 12.4 Å². The molecule has 1 saturated heterocycles. The lowest BCUT2D eigenvalue weighted by Crippen LogP contribution is -2.52. The van der Waals surface area contributed by atoms with Crippen molar-refractivity contribution in [3.63, 3.8) is 0 Å². The van der Waals surface area contributed by atoms with Crippen LogP contribution < -0.4 is 9.84 Å². The van der Waals surface area contributed by atoms with Crippen LogP contribution in [-0.2, 0) is 11.3 Å². The van der Waals surface area contributed by atoms with E-state index in [9.17, 15) is 8.76 Å². The summed E-state index contributed by atoms with van der Waals surface area (Å²) in [6.45, 7) is 1.96. The summed E-state index contributed by atoms with van der Waals surface area (Å²) in [6.07, 6.45) is 7.88. The largest absolute Gasteiger partial charge is 0.305 e. The molecule has 0 amide bonds. The van der Waals surface area contributed by atoms with Gasteiger partial charge in [0.1, 0.15) is 5.69 Å². The molecule has 1 aromatic rings. The van der Waals surface area contributed by atoms with Crippen LogP contribution >= 0.6 is 0 Å². The van der Waals surface area contributed by atoms with Gasteiger partial charge in [0.2, 0.25) is 0 Å². The van der Waals surface area contributed by atoms with E-state index in [2.05, 4.69) is 22.5 Å². The summed E-state index contributed by atoms with van der Waals surface area (Å²) >= 11 is -2.10. The molecule has 1 aliphatic heterocycles. The van der Waals surface area contributed by atoms with E-state index in [-0.39, 0.29) is 6.04 Å². The van der Waals surface area contributed by atoms with Crippen molar-refractivity contribution >= 4 is 17.0 Å². The maximum Gasteiger partial charge on any atom is 0.276 e. The van der Waals surface area contributed by atoms with Crippen molar-refractivity contribution in [2.24, 2.45) is 0 Å². The smallest absolute Gasteiger partial charge is 0.276 e. The fourth-order valence-corrected chi connectivity index (χ4v) is 3.13. The average Bonchev–Trinajstić information content (AvgIpc) is 3.14. The van der Waals surface area contributed by atoms with Crippen molar-refractivity contribution in [3.8, 4) is 0 Å². The predicted molar refractivity (Wildman–Crippen MR) is 77.4 cm³/mol. The quantitative estimate of drug-likeness (QED) is 0.620. The van der Waals surface area contributed by atoms with Crippen LogP contribution in [0.5, 0.6) is 0 Å². The summed E-state index contributed by atoms with van der Waals surface area (Å²) in [5.41, 5.74) is 3.81. The standard InChI is InChI=1S/C12H21N5O2S/c1-15-6-2-3-10(8-15)14-17(20(18)19)12-7-13-16(9-12)11-4-5-11/h7,9-11,14H,2-6,8H2,1H3,(H,18,19)/t10-/m1/s1. The predicted octanol–water partition coefficient (Wildman–Crippen LogP) is 0.760. The molecule has 2 heterocycles. The topological polar surface area (TPSA) is 73.6 Å². The number of aromatic nitrogens is 2. The number of likely N-dealkylation sites (N-methyl/N-ethyl adjacent to an activating group) is 1. The van der Waals surface area contributed by atoms with E-state index in [0.717, 1.165) is 38.8 Å². The lowest BCUT2D eigenvalue weighted by molar-refractivity contribution is 0.229. The Balaban J connectivity index is 1.69. The molecule has 2 N–H and O–H groups in total. The monoisotopic (exact) mass is 299 g/mol. The number of rotatable bonds is 5. The Labute approximate surface area is 121 Å². The van der Waals surface area contributed by atoms with Gasteiger partial charge in [0.15, 0.2) is 0 Å². The summed E-state index contributed by atoms with van der Waals surface area (Å²) in [5, 5.41) is 4.27. The number of anilines is 1. The first-order valence-corrected chi connectivity index (χ1v) is 8.10. The van der Waals surface area contributed by atoms with Crippen molar-refractivity contribution in [1.29, 1.82) is 0 Å². The molecule has 2 aliphatic rings. The van der Waals surface area contributed by atoms with Crippen LogP contribution in [0, 0.1) is 0 Å². The summed E-state index contributed by atoms with van der Waals surface area (Å²) in [6, 6.07) is 0.660. The minimum atomic E-state index is -2.10. The fourth-order valence-electron chi connectivity index (χ4n) is 2.62. The van der Waals surface area contributed by atoms with Crippen LogP contribution in [0.25, 0.3) is 0 Å². The number of piperidine rings is 1. The van der Waals surface area contributed by atoms with Gasteiger partial charge in [-0.3, -0.25) is 9.23 Å². The molecule has 1 saturated carbocycles. The van der Waals surface area contributed by atoms with Crippen LogP contribution in [0.4, 0.5) is 5.69 Å². The Kier molecular flexibility index (Phi) is 4.06. The number of nitrogens with one attached hydrogen (secondary N) is 1. The molecule has 0 aromatic carbocycles. The molecule has 2 atom stereocenters. The van der Waals surface area contributed by atoms with E-state index in [1.807, 2.05) is 10.9 Å². The van der Waals surface area contributed by atoms with E-state index in [0.29, 0.717) is 11.7 Å². The van der Waals surface area contributed by atoms with Crippen LogP contribution in [0.2, 0.25) is 0 Å². The van der Waals surface area contributed by atoms with Crippen LogP contribution in [0.3, 0.4) is 0 Å². The van der Waals surface area contributed by atoms with Crippen molar-refractivity contribution in [1.82, 2.24) is 20.1 Å². The molecule has 1 aromatic heterocycles. The Morgan fingerprint density at radius 1 is 1.50 bits per heavy atom. The first-order valence-electron chi connectivity index (χ1n) is 7.03. The van der Waals surface area contributed by atoms with Gasteiger partial charge in [-0.2, -0.15) is 9.51 Å². The van der Waals surface area contributed by atoms with E-state index in [1.54, 1.807) is 6.20 Å². The zero-order valence-corrected chi connectivity index (χ0v) is 12.4. The van der Waals surface area contributed by atoms with Gasteiger partial charge in [0, 0.05) is 12.6 Å². The lowest BCUT2D eigenvalue weighted by Gasteiger charge is -2.33. The molecule has 8 heteroatoms. The molecule has 20 heavy (non-hydrogen) atoms. The minimum absolute atomic E-state index is 0.189. The van der Waals surface area contributed by atoms with Crippen LogP contribution in [-0.4, -0.2) is 49.6 Å². The fraction of sp³-hybridized carbons (Fsp3) is 0.750. The molecular formula is C12H21N5O2S. The Bertz CT molecular complexity index is 490. The molecule has 0 bridgehead atoms. The number of hydrazine groups is 1. The molecule has 112 valence electrons. The molecule has 0 radical (unpaired) electrons. The van der Waals surface area contributed by atoms with E-state index < -0.39 is 11.3 Å². The maximum atomic E-state index is 11.6. The first kappa shape index (κ1) is 14.0. The maximum absolute atomic E-state index is 11.6. The van der Waals surface area contributed by atoms with E-state index in [1.165, 1.54) is 4.41 Å². The number of hydrogen-bond acceptors (Lipinski definition) is 4. The highest BCUT2D eigenvalue weighted by Gasteiger charge is 2.27. The highest BCUT2D eigenvalue weighted by atomic mass is 32.2. The highest BCUT2D eigenvalue weighted by molar-refractivity contribution is 7.80. The number of nitrogens with zero attached hydrogens (tertiary/aromatic N) is 4. The molecule has 1 aliphatic carbocycles. The van der Waals surface area contributed by atoms with Crippen molar-refractivity contribution in [2.75, 3.05) is 24.6 Å². The Morgan fingerprint density at radius 3 is 2.95 bits per heavy atom. The molecular weight excluding hydrogens is 278 g/mol. The SMILES string of the molecule is CN1CCC[C@@H](NN(c2cnn(C3CC3)c2)S(=O)O)C1. The van der Waals surface area contributed by atoms with Gasteiger partial charge in [-0.05, 0) is 39.3 Å². The molecule has 3 rings (SSSR count). The summed E-state index contributed by atoms with van der Waals surface area (Å²) < 4.78 is 24.3. The molecule has 7 nitrogen and oxygen atoms in total. The van der Waals surface area contributed by atoms with Crippen molar-refractivity contribution in [2.45, 2.75) is 37.8 Å². The van der Waals surface area contributed by atoms with Crippen LogP contribution in [0.15, 0.2) is 12.4 Å². The average molecular weight is 299 g/mol. The third-order valence-corrected chi connectivity index (χ3v) is 4.45. The van der Waals surface area contributed by atoms with Crippen molar-refractivity contribution < 1.29 is 8.76 Å². The summed E-state index contributed by atoms with van der Waals surface area (Å²) in [4.78, 5) is 2.23. The van der Waals surface area contributed by atoms with Gasteiger partial charge in [0.05, 0.1) is 18.4 Å². The van der Waals surface area contributed by atoms with E-state index >= 15 is 0 Å². The zero-order chi connectivity index (χ0) is 14.1. The van der Waals surface area contributed by atoms with E-state index in [4.69, 9.17) is 0 Å². The third kappa shape index (κ3) is 3.20. The summed E-state index contributed by atoms with van der Waals surface area (Å²) in [5.74, 6) is 0. The van der Waals surface area contributed by atoms with Gasteiger partial charge in [-0.25, -0.2) is 9.63 Å². The van der Waals surface area contributed by atoms with Crippen LogP contribution in [0.1, 0.15) is 31.7 Å². The second-order valence-electron chi connectivity index (χ2n) is 5.67. The second-order valence-corrected chi connectivity index (χ2v) is 6.49. The third-order valence-electron chi connectivity index (χ3n) is 3.82. The number of hydrogen-bond donors (Lipinski definition) is 2. The Morgan fingerprint density at radius 2 is 2.30 bits per heavy atom. The normalized spacial score (nSPS) is 25.6. The van der Waals surface area contributed by atoms with Gasteiger partial charge < -0.3 is 4.90 Å². The van der Waals surface area contributed by atoms with Gasteiger partial charge >= 0.3 is 0 Å². The minimum Gasteiger partial charge on any atom is -0.305 e.